The molecule has 0 saturated heterocycles. The molecule has 3 aromatic carbocycles. The topological polar surface area (TPSA) is 70.0 Å². The normalized spacial score (nSPS) is 15.4. The molecule has 1 N–H and O–H groups in total. The predicted molar refractivity (Wildman–Crippen MR) is 138 cm³/mol. The Balaban J connectivity index is 1.37. The monoisotopic (exact) mass is 503 g/mol. The molecule has 5 rings (SSSR count). The Kier molecular flexibility index (Phi) is 6.65. The Labute approximate surface area is 210 Å². The molecule has 0 saturated carbocycles. The fourth-order valence-electron chi connectivity index (χ4n) is 3.68. The molecule has 0 spiro atoms. The molecule has 0 radical (unpaired) electrons. The minimum absolute atomic E-state index is 0.0824. The van der Waals surface area contributed by atoms with Crippen LogP contribution in [0.5, 0.6) is 0 Å². The van der Waals surface area contributed by atoms with Gasteiger partial charge in [-0.1, -0.05) is 66.2 Å². The fourth-order valence-corrected chi connectivity index (χ4v) is 4.61. The van der Waals surface area contributed by atoms with Crippen molar-refractivity contribution in [2.24, 2.45) is 10.2 Å². The van der Waals surface area contributed by atoms with Gasteiger partial charge in [-0.25, -0.2) is 19.8 Å². The van der Waals surface area contributed by atoms with Crippen LogP contribution in [-0.4, -0.2) is 22.8 Å². The van der Waals surface area contributed by atoms with Crippen LogP contribution >= 0.6 is 22.9 Å². The SMILES string of the molecule is O=C(N/N=C/c1ccc(F)cc1)c1csc(N2N=C(c3ccccc3)CC2c2ccc(Cl)cc2)n1. The molecule has 4 aromatic rings. The highest BCUT2D eigenvalue weighted by atomic mass is 35.5. The van der Waals surface area contributed by atoms with Crippen molar-refractivity contribution in [1.82, 2.24) is 10.4 Å². The van der Waals surface area contributed by atoms with Crippen LogP contribution in [0, 0.1) is 5.82 Å². The summed E-state index contributed by atoms with van der Waals surface area (Å²) >= 11 is 7.43. The van der Waals surface area contributed by atoms with Crippen LogP contribution < -0.4 is 10.4 Å². The van der Waals surface area contributed by atoms with E-state index in [1.165, 1.54) is 29.7 Å². The number of amides is 1. The van der Waals surface area contributed by atoms with Crippen LogP contribution in [0.2, 0.25) is 5.02 Å². The lowest BCUT2D eigenvalue weighted by Gasteiger charge is -2.21. The fraction of sp³-hybridized carbons (Fsp3) is 0.0769. The van der Waals surface area contributed by atoms with Crippen LogP contribution in [0.1, 0.15) is 39.6 Å². The number of carbonyl (C=O) groups is 1. The molecule has 1 atom stereocenters. The maximum atomic E-state index is 13.0. The van der Waals surface area contributed by atoms with Crippen molar-refractivity contribution in [3.63, 3.8) is 0 Å². The number of hydrogen-bond acceptors (Lipinski definition) is 6. The van der Waals surface area contributed by atoms with E-state index < -0.39 is 5.91 Å². The molecular weight excluding hydrogens is 485 g/mol. The molecule has 1 unspecified atom stereocenters. The molecule has 6 nitrogen and oxygen atoms in total. The van der Waals surface area contributed by atoms with E-state index in [2.05, 4.69) is 15.5 Å². The second kappa shape index (κ2) is 10.2. The Bertz CT molecular complexity index is 1390. The average Bonchev–Trinajstić information content (AvgIpc) is 3.54. The van der Waals surface area contributed by atoms with E-state index in [1.807, 2.05) is 59.6 Å². The Morgan fingerprint density at radius 2 is 1.83 bits per heavy atom. The van der Waals surface area contributed by atoms with E-state index in [0.717, 1.165) is 16.8 Å². The molecule has 1 aliphatic heterocycles. The lowest BCUT2D eigenvalue weighted by molar-refractivity contribution is 0.0951. The zero-order chi connectivity index (χ0) is 24.2. The van der Waals surface area contributed by atoms with Gasteiger partial charge >= 0.3 is 0 Å². The van der Waals surface area contributed by atoms with Gasteiger partial charge < -0.3 is 0 Å². The second-order valence-corrected chi connectivity index (χ2v) is 9.07. The summed E-state index contributed by atoms with van der Waals surface area (Å²) in [6.07, 6.45) is 2.13. The van der Waals surface area contributed by atoms with Crippen LogP contribution in [-0.2, 0) is 0 Å². The van der Waals surface area contributed by atoms with Gasteiger partial charge in [-0.2, -0.15) is 10.2 Å². The minimum atomic E-state index is -0.444. The van der Waals surface area contributed by atoms with Crippen molar-refractivity contribution >= 4 is 45.9 Å². The summed E-state index contributed by atoms with van der Waals surface area (Å²) in [4.78, 5) is 17.1. The smallest absolute Gasteiger partial charge is 0.266 e. The van der Waals surface area contributed by atoms with Crippen molar-refractivity contribution < 1.29 is 9.18 Å². The quantitative estimate of drug-likeness (QED) is 0.257. The summed E-state index contributed by atoms with van der Waals surface area (Å²) in [5.41, 5.74) is 6.39. The average molecular weight is 504 g/mol. The van der Waals surface area contributed by atoms with Crippen LogP contribution in [0.4, 0.5) is 9.52 Å². The maximum absolute atomic E-state index is 13.0. The Morgan fingerprint density at radius 1 is 1.09 bits per heavy atom. The van der Waals surface area contributed by atoms with Gasteiger partial charge in [0.2, 0.25) is 5.13 Å². The minimum Gasteiger partial charge on any atom is -0.266 e. The lowest BCUT2D eigenvalue weighted by atomic mass is 9.99. The number of hydrogen-bond donors (Lipinski definition) is 1. The summed E-state index contributed by atoms with van der Waals surface area (Å²) < 4.78 is 13.0. The van der Waals surface area contributed by atoms with Crippen molar-refractivity contribution in [2.75, 3.05) is 5.01 Å². The van der Waals surface area contributed by atoms with E-state index in [-0.39, 0.29) is 17.6 Å². The number of nitrogens with one attached hydrogen (secondary N) is 1. The molecule has 35 heavy (non-hydrogen) atoms. The highest BCUT2D eigenvalue weighted by molar-refractivity contribution is 7.14. The highest BCUT2D eigenvalue weighted by Gasteiger charge is 2.32. The number of thiazole rings is 1. The number of nitrogens with zero attached hydrogens (tertiary/aromatic N) is 4. The van der Waals surface area contributed by atoms with E-state index in [4.69, 9.17) is 16.7 Å². The number of hydrazone groups is 2. The number of rotatable bonds is 6. The first-order valence-electron chi connectivity index (χ1n) is 10.8. The summed E-state index contributed by atoms with van der Waals surface area (Å²) in [6.45, 7) is 0. The summed E-state index contributed by atoms with van der Waals surface area (Å²) in [7, 11) is 0. The van der Waals surface area contributed by atoms with Gasteiger partial charge in [0, 0.05) is 16.8 Å². The molecular formula is C26H19ClFN5OS. The summed E-state index contributed by atoms with van der Waals surface area (Å²) in [6, 6.07) is 23.4. The molecule has 174 valence electrons. The van der Waals surface area contributed by atoms with Gasteiger partial charge in [0.1, 0.15) is 11.5 Å². The number of aromatic nitrogens is 1. The molecule has 0 aliphatic carbocycles. The van der Waals surface area contributed by atoms with Gasteiger partial charge in [-0.15, -0.1) is 11.3 Å². The molecule has 2 heterocycles. The third-order valence-corrected chi connectivity index (χ3v) is 6.52. The van der Waals surface area contributed by atoms with E-state index in [0.29, 0.717) is 22.1 Å². The highest BCUT2D eigenvalue weighted by Crippen LogP contribution is 2.38. The first-order valence-corrected chi connectivity index (χ1v) is 12.0. The Hall–Kier alpha value is -3.88. The van der Waals surface area contributed by atoms with Crippen molar-refractivity contribution in [2.45, 2.75) is 12.5 Å². The lowest BCUT2D eigenvalue weighted by Crippen LogP contribution is -2.20. The van der Waals surface area contributed by atoms with Crippen LogP contribution in [0.3, 0.4) is 0 Å². The van der Waals surface area contributed by atoms with Crippen LogP contribution in [0.15, 0.2) is 94.4 Å². The molecule has 0 fully saturated rings. The molecule has 1 aromatic heterocycles. The van der Waals surface area contributed by atoms with Gasteiger partial charge in [-0.05, 0) is 41.0 Å². The summed E-state index contributed by atoms with van der Waals surface area (Å²) in [5, 5.41) is 13.6. The van der Waals surface area contributed by atoms with E-state index >= 15 is 0 Å². The number of carbonyl (C=O) groups excluding carboxylic acids is 1. The van der Waals surface area contributed by atoms with Gasteiger partial charge in [-0.3, -0.25) is 4.79 Å². The van der Waals surface area contributed by atoms with Gasteiger partial charge in [0.25, 0.3) is 5.91 Å². The third-order valence-electron chi connectivity index (χ3n) is 5.44. The molecule has 1 aliphatic rings. The zero-order valence-corrected chi connectivity index (χ0v) is 19.9. The largest absolute Gasteiger partial charge is 0.290 e. The third kappa shape index (κ3) is 5.29. The zero-order valence-electron chi connectivity index (χ0n) is 18.3. The standard InChI is InChI=1S/C26H19ClFN5OS/c27-20-10-8-19(9-11-20)24-14-22(18-4-2-1-3-5-18)32-33(24)26-30-23(16-35-26)25(34)31-29-15-17-6-12-21(28)13-7-17/h1-13,15-16,24H,14H2,(H,31,34)/b29-15+. The molecule has 0 bridgehead atoms. The Morgan fingerprint density at radius 3 is 2.57 bits per heavy atom. The second-order valence-electron chi connectivity index (χ2n) is 7.79. The van der Waals surface area contributed by atoms with Crippen molar-refractivity contribution in [3.05, 3.63) is 117 Å². The van der Waals surface area contributed by atoms with Crippen molar-refractivity contribution in [1.29, 1.82) is 0 Å². The molecule has 1 amide bonds. The van der Waals surface area contributed by atoms with Gasteiger partial charge in [0.15, 0.2) is 0 Å². The predicted octanol–water partition coefficient (Wildman–Crippen LogP) is 6.06. The first-order chi connectivity index (χ1) is 17.1. The maximum Gasteiger partial charge on any atom is 0.290 e. The molecule has 9 heteroatoms. The van der Waals surface area contributed by atoms with Crippen LogP contribution in [0.25, 0.3) is 0 Å². The van der Waals surface area contributed by atoms with Crippen molar-refractivity contribution in [3.8, 4) is 0 Å². The van der Waals surface area contributed by atoms with E-state index in [1.54, 1.807) is 17.5 Å². The van der Waals surface area contributed by atoms with E-state index in [9.17, 15) is 9.18 Å². The number of halogens is 2. The number of benzene rings is 3. The summed E-state index contributed by atoms with van der Waals surface area (Å²) in [5.74, 6) is -0.779. The number of anilines is 1. The van der Waals surface area contributed by atoms with Gasteiger partial charge in [0.05, 0.1) is 18.0 Å². The first kappa shape index (κ1) is 22.9.